The summed E-state index contributed by atoms with van der Waals surface area (Å²) < 4.78 is 26.3. The Bertz CT molecular complexity index is 877. The third-order valence-corrected chi connectivity index (χ3v) is 4.22. The number of fused-ring (bicyclic) bond motifs is 1. The molecule has 0 saturated heterocycles. The molecule has 0 fully saturated rings. The summed E-state index contributed by atoms with van der Waals surface area (Å²) in [4.78, 5) is 18.7. The third-order valence-electron chi connectivity index (χ3n) is 3.69. The zero-order valence-electron chi connectivity index (χ0n) is 12.7. The van der Waals surface area contributed by atoms with Crippen molar-refractivity contribution in [3.8, 4) is 0 Å². The predicted molar refractivity (Wildman–Crippen MR) is 91.1 cm³/mol. The van der Waals surface area contributed by atoms with Gasteiger partial charge >= 0.3 is 0 Å². The SMILES string of the molecule is CC(NC(=O)c1ccc2nc(C(F)F)[nH]c2c1)c1ccc(Br)cc1. The lowest BCUT2D eigenvalue weighted by Crippen LogP contribution is -2.26. The number of benzene rings is 2. The maximum absolute atomic E-state index is 12.7. The predicted octanol–water partition coefficient (Wildman–Crippen LogP) is 4.75. The number of nitrogens with one attached hydrogen (secondary N) is 2. The van der Waals surface area contributed by atoms with Crippen LogP contribution in [0.1, 0.15) is 41.1 Å². The monoisotopic (exact) mass is 393 g/mol. The van der Waals surface area contributed by atoms with Crippen LogP contribution in [-0.2, 0) is 0 Å². The molecule has 1 amide bonds. The number of alkyl halides is 2. The molecular formula is C17H14BrF2N3O. The van der Waals surface area contributed by atoms with Gasteiger partial charge in [-0.15, -0.1) is 0 Å². The molecule has 2 aromatic carbocycles. The summed E-state index contributed by atoms with van der Waals surface area (Å²) >= 11 is 3.37. The van der Waals surface area contributed by atoms with E-state index >= 15 is 0 Å². The van der Waals surface area contributed by atoms with Crippen molar-refractivity contribution in [2.24, 2.45) is 0 Å². The molecule has 7 heteroatoms. The third kappa shape index (κ3) is 3.46. The minimum absolute atomic E-state index is 0.181. The molecule has 0 bridgehead atoms. The standard InChI is InChI=1S/C17H14BrF2N3O/c1-9(10-2-5-12(18)6-3-10)21-17(24)11-4-7-13-14(8-11)23-16(22-13)15(19)20/h2-9,15H,1H3,(H,21,24)(H,22,23). The van der Waals surface area contributed by atoms with Gasteiger partial charge in [0, 0.05) is 10.0 Å². The fraction of sp³-hybridized carbons (Fsp3) is 0.176. The summed E-state index contributed by atoms with van der Waals surface area (Å²) in [7, 11) is 0. The first-order valence-electron chi connectivity index (χ1n) is 7.28. The molecule has 0 radical (unpaired) electrons. The number of carbonyl (C=O) groups is 1. The van der Waals surface area contributed by atoms with E-state index in [9.17, 15) is 13.6 Å². The number of halogens is 3. The second-order valence-electron chi connectivity index (χ2n) is 5.40. The van der Waals surface area contributed by atoms with Crippen LogP contribution in [0, 0.1) is 0 Å². The van der Waals surface area contributed by atoms with E-state index in [1.807, 2.05) is 31.2 Å². The lowest BCUT2D eigenvalue weighted by Gasteiger charge is -2.14. The van der Waals surface area contributed by atoms with Gasteiger partial charge in [-0.1, -0.05) is 28.1 Å². The minimum atomic E-state index is -2.67. The number of aromatic nitrogens is 2. The molecule has 24 heavy (non-hydrogen) atoms. The number of aromatic amines is 1. The van der Waals surface area contributed by atoms with Crippen LogP contribution in [0.15, 0.2) is 46.9 Å². The van der Waals surface area contributed by atoms with E-state index < -0.39 is 12.2 Å². The Balaban J connectivity index is 1.79. The number of H-pyrrole nitrogens is 1. The van der Waals surface area contributed by atoms with Crippen molar-refractivity contribution in [1.29, 1.82) is 0 Å². The van der Waals surface area contributed by atoms with Crippen molar-refractivity contribution in [3.63, 3.8) is 0 Å². The highest BCUT2D eigenvalue weighted by atomic mass is 79.9. The van der Waals surface area contributed by atoms with Crippen LogP contribution >= 0.6 is 15.9 Å². The Labute approximate surface area is 145 Å². The van der Waals surface area contributed by atoms with Crippen molar-refractivity contribution in [3.05, 3.63) is 63.9 Å². The molecule has 0 spiro atoms. The molecule has 0 aliphatic rings. The van der Waals surface area contributed by atoms with Gasteiger partial charge in [0.15, 0.2) is 5.82 Å². The number of carbonyl (C=O) groups excluding carboxylic acids is 1. The maximum Gasteiger partial charge on any atom is 0.295 e. The highest BCUT2D eigenvalue weighted by molar-refractivity contribution is 9.10. The smallest absolute Gasteiger partial charge is 0.295 e. The Morgan fingerprint density at radius 2 is 1.92 bits per heavy atom. The van der Waals surface area contributed by atoms with Crippen LogP contribution in [0.5, 0.6) is 0 Å². The average Bonchev–Trinajstić information content (AvgIpc) is 2.98. The van der Waals surface area contributed by atoms with Crippen LogP contribution in [0.2, 0.25) is 0 Å². The summed E-state index contributed by atoms with van der Waals surface area (Å²) in [6.45, 7) is 1.88. The number of hydrogen-bond acceptors (Lipinski definition) is 2. The molecule has 3 rings (SSSR count). The Kier molecular flexibility index (Phi) is 4.62. The first-order valence-corrected chi connectivity index (χ1v) is 8.07. The molecule has 1 heterocycles. The van der Waals surface area contributed by atoms with Crippen LogP contribution in [0.4, 0.5) is 8.78 Å². The van der Waals surface area contributed by atoms with Gasteiger partial charge in [0.05, 0.1) is 17.1 Å². The lowest BCUT2D eigenvalue weighted by molar-refractivity contribution is 0.0940. The molecular weight excluding hydrogens is 380 g/mol. The Morgan fingerprint density at radius 3 is 2.58 bits per heavy atom. The van der Waals surface area contributed by atoms with Crippen LogP contribution in [0.3, 0.4) is 0 Å². The normalized spacial score (nSPS) is 12.5. The zero-order chi connectivity index (χ0) is 17.3. The number of rotatable bonds is 4. The quantitative estimate of drug-likeness (QED) is 0.671. The molecule has 3 aromatic rings. The van der Waals surface area contributed by atoms with Gasteiger partial charge in [-0.2, -0.15) is 0 Å². The number of hydrogen-bond donors (Lipinski definition) is 2. The molecule has 124 valence electrons. The van der Waals surface area contributed by atoms with Crippen LogP contribution in [0.25, 0.3) is 11.0 Å². The zero-order valence-corrected chi connectivity index (χ0v) is 14.3. The second kappa shape index (κ2) is 6.68. The van der Waals surface area contributed by atoms with Gasteiger partial charge in [-0.05, 0) is 42.8 Å². The molecule has 1 unspecified atom stereocenters. The van der Waals surface area contributed by atoms with Gasteiger partial charge in [0.25, 0.3) is 12.3 Å². The largest absolute Gasteiger partial charge is 0.346 e. The van der Waals surface area contributed by atoms with Crippen molar-refractivity contribution in [2.45, 2.75) is 19.4 Å². The lowest BCUT2D eigenvalue weighted by atomic mass is 10.1. The van der Waals surface area contributed by atoms with Gasteiger partial charge < -0.3 is 10.3 Å². The van der Waals surface area contributed by atoms with Crippen molar-refractivity contribution in [1.82, 2.24) is 15.3 Å². The van der Waals surface area contributed by atoms with E-state index in [2.05, 4.69) is 31.2 Å². The van der Waals surface area contributed by atoms with E-state index in [4.69, 9.17) is 0 Å². The molecule has 2 N–H and O–H groups in total. The van der Waals surface area contributed by atoms with E-state index in [-0.39, 0.29) is 11.9 Å². The van der Waals surface area contributed by atoms with Crippen LogP contribution in [-0.4, -0.2) is 15.9 Å². The number of nitrogens with zero attached hydrogens (tertiary/aromatic N) is 1. The van der Waals surface area contributed by atoms with Crippen molar-refractivity contribution < 1.29 is 13.6 Å². The van der Waals surface area contributed by atoms with E-state index in [0.29, 0.717) is 16.6 Å². The summed E-state index contributed by atoms with van der Waals surface area (Å²) in [5.41, 5.74) is 2.17. The Morgan fingerprint density at radius 1 is 1.21 bits per heavy atom. The maximum atomic E-state index is 12.7. The molecule has 4 nitrogen and oxygen atoms in total. The average molecular weight is 394 g/mol. The number of imidazole rings is 1. The van der Waals surface area contributed by atoms with Gasteiger partial charge in [-0.25, -0.2) is 13.8 Å². The molecule has 0 aliphatic carbocycles. The summed E-state index contributed by atoms with van der Waals surface area (Å²) in [5.74, 6) is -0.675. The first-order chi connectivity index (χ1) is 11.4. The minimum Gasteiger partial charge on any atom is -0.346 e. The second-order valence-corrected chi connectivity index (χ2v) is 6.32. The molecule has 0 aliphatic heterocycles. The first kappa shape index (κ1) is 16.6. The topological polar surface area (TPSA) is 57.8 Å². The fourth-order valence-corrected chi connectivity index (χ4v) is 2.65. The van der Waals surface area contributed by atoms with Crippen molar-refractivity contribution in [2.75, 3.05) is 0 Å². The van der Waals surface area contributed by atoms with Gasteiger partial charge in [0.2, 0.25) is 0 Å². The summed E-state index contributed by atoms with van der Waals surface area (Å²) in [5, 5.41) is 2.89. The van der Waals surface area contributed by atoms with Gasteiger partial charge in [-0.3, -0.25) is 4.79 Å². The van der Waals surface area contributed by atoms with Crippen molar-refractivity contribution >= 4 is 32.9 Å². The van der Waals surface area contributed by atoms with E-state index in [0.717, 1.165) is 10.0 Å². The van der Waals surface area contributed by atoms with Gasteiger partial charge in [0.1, 0.15) is 0 Å². The highest BCUT2D eigenvalue weighted by Crippen LogP contribution is 2.21. The molecule has 0 saturated carbocycles. The summed E-state index contributed by atoms with van der Waals surface area (Å²) in [6.07, 6.45) is -2.67. The Hall–Kier alpha value is -2.28. The van der Waals surface area contributed by atoms with E-state index in [1.165, 1.54) is 6.07 Å². The molecule has 1 aromatic heterocycles. The molecule has 1 atom stereocenters. The van der Waals surface area contributed by atoms with Crippen LogP contribution < -0.4 is 5.32 Å². The highest BCUT2D eigenvalue weighted by Gasteiger charge is 2.15. The number of amides is 1. The fourth-order valence-electron chi connectivity index (χ4n) is 2.39. The summed E-state index contributed by atoms with van der Waals surface area (Å²) in [6, 6.07) is 12.1. The van der Waals surface area contributed by atoms with E-state index in [1.54, 1.807) is 12.1 Å².